The lowest BCUT2D eigenvalue weighted by Crippen LogP contribution is -2.54. The Balaban J connectivity index is 2.10. The number of hydrogen-bond acceptors (Lipinski definition) is 4. The highest BCUT2D eigenvalue weighted by Gasteiger charge is 2.37. The molecule has 2 aromatic carbocycles. The average molecular weight is 410 g/mol. The van der Waals surface area contributed by atoms with Gasteiger partial charge in [-0.05, 0) is 56.0 Å². The highest BCUT2D eigenvalue weighted by atomic mass is 16.5. The van der Waals surface area contributed by atoms with Crippen molar-refractivity contribution in [2.45, 2.75) is 40.2 Å². The van der Waals surface area contributed by atoms with E-state index in [1.165, 1.54) is 5.56 Å². The Hall–Kier alpha value is -3.02. The summed E-state index contributed by atoms with van der Waals surface area (Å²) in [6, 6.07) is 9.66. The Kier molecular flexibility index (Phi) is 6.34. The fourth-order valence-electron chi connectivity index (χ4n) is 4.23. The number of amidine groups is 1. The van der Waals surface area contributed by atoms with Crippen LogP contribution in [0.25, 0.3) is 0 Å². The van der Waals surface area contributed by atoms with Gasteiger partial charge < -0.3 is 14.8 Å². The van der Waals surface area contributed by atoms with Gasteiger partial charge in [0, 0.05) is 13.0 Å². The Bertz CT molecular complexity index is 961. The van der Waals surface area contributed by atoms with Crippen molar-refractivity contribution < 1.29 is 14.3 Å². The van der Waals surface area contributed by atoms with E-state index in [2.05, 4.69) is 45.1 Å². The number of methoxy groups -OCH3 is 2. The molecule has 30 heavy (non-hydrogen) atoms. The van der Waals surface area contributed by atoms with Crippen molar-refractivity contribution in [2.24, 2.45) is 10.9 Å². The summed E-state index contributed by atoms with van der Waals surface area (Å²) in [6.07, 6.45) is 0.826. The maximum Gasteiger partial charge on any atom is 0.323 e. The van der Waals surface area contributed by atoms with Crippen molar-refractivity contribution >= 4 is 17.6 Å². The number of ether oxygens (including phenoxy) is 2. The van der Waals surface area contributed by atoms with Crippen molar-refractivity contribution in [1.29, 1.82) is 0 Å². The van der Waals surface area contributed by atoms with Crippen LogP contribution in [0.1, 0.15) is 41.6 Å². The number of hydrogen-bond donors (Lipinski definition) is 1. The summed E-state index contributed by atoms with van der Waals surface area (Å²) in [7, 11) is 5.00. The zero-order valence-corrected chi connectivity index (χ0v) is 18.9. The van der Waals surface area contributed by atoms with Crippen LogP contribution < -0.4 is 14.8 Å². The van der Waals surface area contributed by atoms with Gasteiger partial charge in [-0.2, -0.15) is 0 Å². The van der Waals surface area contributed by atoms with Crippen molar-refractivity contribution in [3.05, 3.63) is 52.6 Å². The van der Waals surface area contributed by atoms with Gasteiger partial charge >= 0.3 is 6.03 Å². The highest BCUT2D eigenvalue weighted by molar-refractivity contribution is 6.02. The zero-order valence-electron chi connectivity index (χ0n) is 18.9. The van der Waals surface area contributed by atoms with Crippen LogP contribution in [0.3, 0.4) is 0 Å². The Morgan fingerprint density at radius 1 is 1.03 bits per heavy atom. The maximum absolute atomic E-state index is 12.8. The second kappa shape index (κ2) is 8.78. The zero-order chi connectivity index (χ0) is 22.0. The van der Waals surface area contributed by atoms with Crippen LogP contribution >= 0.6 is 0 Å². The molecule has 160 valence electrons. The normalized spacial score (nSPS) is 20.3. The van der Waals surface area contributed by atoms with Gasteiger partial charge in [0.05, 0.1) is 25.9 Å². The number of aliphatic imine (C=N–C) groups is 1. The lowest BCUT2D eigenvalue weighted by molar-refractivity contribution is 0.207. The van der Waals surface area contributed by atoms with E-state index >= 15 is 0 Å². The van der Waals surface area contributed by atoms with E-state index < -0.39 is 0 Å². The molecule has 0 bridgehead atoms. The van der Waals surface area contributed by atoms with Gasteiger partial charge in [-0.25, -0.2) is 9.79 Å². The van der Waals surface area contributed by atoms with Crippen molar-refractivity contribution in [2.75, 3.05) is 21.3 Å². The van der Waals surface area contributed by atoms with E-state index in [4.69, 9.17) is 14.5 Å². The molecule has 3 rings (SSSR count). The molecule has 1 aliphatic heterocycles. The molecular weight excluding hydrogens is 378 g/mol. The van der Waals surface area contributed by atoms with Crippen molar-refractivity contribution in [3.8, 4) is 11.5 Å². The molecule has 0 aromatic heterocycles. The minimum atomic E-state index is -0.205. The average Bonchev–Trinajstić information content (AvgIpc) is 2.72. The Morgan fingerprint density at radius 3 is 2.23 bits per heavy atom. The molecule has 2 amide bonds. The third kappa shape index (κ3) is 3.99. The van der Waals surface area contributed by atoms with E-state index in [0.717, 1.165) is 34.6 Å². The van der Waals surface area contributed by atoms with Gasteiger partial charge in [0.1, 0.15) is 5.84 Å². The number of rotatable bonds is 5. The molecule has 0 radical (unpaired) electrons. The topological polar surface area (TPSA) is 63.2 Å². The molecule has 1 saturated heterocycles. The van der Waals surface area contributed by atoms with Gasteiger partial charge in [0.25, 0.3) is 0 Å². The predicted molar refractivity (Wildman–Crippen MR) is 120 cm³/mol. The molecule has 1 heterocycles. The standard InChI is InChI=1S/C24H31N3O3/c1-8-18-22(17-9-10-19(29-6)20(13-17)30-7)26-24(28)27(5)23(18)25-21-15(3)11-14(2)12-16(21)4/h9-13,18,22H,8H2,1-7H3,(H,26,28). The molecule has 0 aliphatic carbocycles. The summed E-state index contributed by atoms with van der Waals surface area (Å²) in [5, 5.41) is 3.14. The summed E-state index contributed by atoms with van der Waals surface area (Å²) in [5.41, 5.74) is 5.32. The minimum Gasteiger partial charge on any atom is -0.493 e. The molecule has 0 saturated carbocycles. The van der Waals surface area contributed by atoms with Gasteiger partial charge in [0.2, 0.25) is 0 Å². The fraction of sp³-hybridized carbons (Fsp3) is 0.417. The van der Waals surface area contributed by atoms with Crippen LogP contribution in [0, 0.1) is 26.7 Å². The molecule has 0 spiro atoms. The molecule has 1 aliphatic rings. The summed E-state index contributed by atoms with van der Waals surface area (Å²) >= 11 is 0. The smallest absolute Gasteiger partial charge is 0.323 e. The van der Waals surface area contributed by atoms with Gasteiger partial charge in [-0.3, -0.25) is 4.90 Å². The summed E-state index contributed by atoms with van der Waals surface area (Å²) < 4.78 is 10.8. The molecule has 2 unspecified atom stereocenters. The highest BCUT2D eigenvalue weighted by Crippen LogP contribution is 2.37. The van der Waals surface area contributed by atoms with Gasteiger partial charge in [-0.1, -0.05) is 30.7 Å². The lowest BCUT2D eigenvalue weighted by atomic mass is 9.87. The first-order valence-corrected chi connectivity index (χ1v) is 10.2. The summed E-state index contributed by atoms with van der Waals surface area (Å²) in [5.74, 6) is 2.09. The third-order valence-corrected chi connectivity index (χ3v) is 5.73. The van der Waals surface area contributed by atoms with Gasteiger partial charge in [0.15, 0.2) is 11.5 Å². The first kappa shape index (κ1) is 21.7. The molecule has 6 heteroatoms. The monoisotopic (exact) mass is 409 g/mol. The molecule has 2 atom stereocenters. The van der Waals surface area contributed by atoms with E-state index in [1.54, 1.807) is 26.2 Å². The second-order valence-electron chi connectivity index (χ2n) is 7.83. The number of nitrogens with zero attached hydrogens (tertiary/aromatic N) is 2. The maximum atomic E-state index is 12.8. The van der Waals surface area contributed by atoms with Crippen LogP contribution in [-0.4, -0.2) is 38.0 Å². The third-order valence-electron chi connectivity index (χ3n) is 5.73. The van der Waals surface area contributed by atoms with E-state index in [1.807, 2.05) is 18.2 Å². The number of amides is 2. The van der Waals surface area contributed by atoms with Crippen LogP contribution in [0.15, 0.2) is 35.3 Å². The predicted octanol–water partition coefficient (Wildman–Crippen LogP) is 5.08. The van der Waals surface area contributed by atoms with Crippen molar-refractivity contribution in [3.63, 3.8) is 0 Å². The number of nitrogens with one attached hydrogen (secondary N) is 1. The van der Waals surface area contributed by atoms with Crippen LogP contribution in [0.4, 0.5) is 10.5 Å². The summed E-state index contributed by atoms with van der Waals surface area (Å²) in [4.78, 5) is 19.5. The van der Waals surface area contributed by atoms with E-state index in [9.17, 15) is 4.79 Å². The number of aryl methyl sites for hydroxylation is 3. The number of benzene rings is 2. The Morgan fingerprint density at radius 2 is 1.67 bits per heavy atom. The van der Waals surface area contributed by atoms with Crippen LogP contribution in [0.2, 0.25) is 0 Å². The quantitative estimate of drug-likeness (QED) is 0.749. The van der Waals surface area contributed by atoms with Gasteiger partial charge in [-0.15, -0.1) is 0 Å². The molecule has 1 N–H and O–H groups in total. The largest absolute Gasteiger partial charge is 0.493 e. The van der Waals surface area contributed by atoms with Crippen LogP contribution in [-0.2, 0) is 0 Å². The first-order chi connectivity index (χ1) is 14.3. The minimum absolute atomic E-state index is 0.0194. The van der Waals surface area contributed by atoms with Crippen molar-refractivity contribution in [1.82, 2.24) is 10.2 Å². The summed E-state index contributed by atoms with van der Waals surface area (Å²) in [6.45, 7) is 8.33. The molecule has 6 nitrogen and oxygen atoms in total. The molecule has 1 fully saturated rings. The number of carbonyl (C=O) groups is 1. The van der Waals surface area contributed by atoms with E-state index in [-0.39, 0.29) is 18.0 Å². The Labute approximate surface area is 178 Å². The molecular formula is C24H31N3O3. The van der Waals surface area contributed by atoms with E-state index in [0.29, 0.717) is 11.5 Å². The first-order valence-electron chi connectivity index (χ1n) is 10.2. The SMILES string of the molecule is CCC1C(=Nc2c(C)cc(C)cc2C)N(C)C(=O)NC1c1ccc(OC)c(OC)c1. The number of carbonyl (C=O) groups excluding carboxylic acids is 1. The fourth-order valence-corrected chi connectivity index (χ4v) is 4.23. The number of urea groups is 1. The molecule has 2 aromatic rings. The lowest BCUT2D eigenvalue weighted by Gasteiger charge is -2.38. The second-order valence-corrected chi connectivity index (χ2v) is 7.83. The van der Waals surface area contributed by atoms with Crippen LogP contribution in [0.5, 0.6) is 11.5 Å².